The summed E-state index contributed by atoms with van der Waals surface area (Å²) in [6.45, 7) is 9.08. The van der Waals surface area contributed by atoms with Gasteiger partial charge in [-0.1, -0.05) is 80.6 Å². The van der Waals surface area contributed by atoms with E-state index in [2.05, 4.69) is 5.32 Å². The number of carbonyl (C=O) groups is 7. The molecule has 7 rings (SSSR count). The van der Waals surface area contributed by atoms with Gasteiger partial charge in [0.2, 0.25) is 0 Å². The van der Waals surface area contributed by atoms with Crippen molar-refractivity contribution in [3.63, 3.8) is 0 Å². The summed E-state index contributed by atoms with van der Waals surface area (Å²) < 4.78 is 36.5. The molecule has 3 aliphatic carbocycles. The Balaban J connectivity index is 1.42. The molecule has 11 atom stereocenters. The molecule has 16 nitrogen and oxygen atoms in total. The summed E-state index contributed by atoms with van der Waals surface area (Å²) in [6, 6.07) is 22.8. The van der Waals surface area contributed by atoms with Gasteiger partial charge < -0.3 is 44.0 Å². The van der Waals surface area contributed by atoms with Crippen LogP contribution in [0.3, 0.4) is 0 Å². The lowest BCUT2D eigenvalue weighted by Crippen LogP contribution is -2.82. The predicted octanol–water partition coefficient (Wildman–Crippen LogP) is 4.31. The summed E-state index contributed by atoms with van der Waals surface area (Å²) >= 11 is 0. The average Bonchev–Trinajstić information content (AvgIpc) is 3.26. The van der Waals surface area contributed by atoms with Gasteiger partial charge in [-0.25, -0.2) is 9.59 Å². The highest BCUT2D eigenvalue weighted by atomic mass is 16.6. The van der Waals surface area contributed by atoms with Crippen LogP contribution >= 0.6 is 0 Å². The first-order valence-corrected chi connectivity index (χ1v) is 21.4. The highest BCUT2D eigenvalue weighted by Gasteiger charge is 2.79. The van der Waals surface area contributed by atoms with Gasteiger partial charge in [0, 0.05) is 44.6 Å². The Hall–Kier alpha value is -6.23. The largest absolute Gasteiger partial charge is 0.461 e. The number of benzene rings is 3. The van der Waals surface area contributed by atoms with Crippen LogP contribution in [0.25, 0.3) is 0 Å². The fourth-order valence-corrected chi connectivity index (χ4v) is 10.5. The van der Waals surface area contributed by atoms with Crippen molar-refractivity contribution >= 4 is 41.5 Å². The lowest BCUT2D eigenvalue weighted by molar-refractivity contribution is -0.346. The minimum absolute atomic E-state index is 0.0220. The summed E-state index contributed by atoms with van der Waals surface area (Å²) in [4.78, 5) is 97.3. The predicted molar refractivity (Wildman–Crippen MR) is 227 cm³/mol. The number of rotatable bonds is 11. The molecule has 3 aromatic carbocycles. The van der Waals surface area contributed by atoms with E-state index in [4.69, 9.17) is 28.4 Å². The van der Waals surface area contributed by atoms with Gasteiger partial charge in [-0.05, 0) is 54.8 Å². The number of amides is 1. The molecule has 1 saturated heterocycles. The van der Waals surface area contributed by atoms with Gasteiger partial charge in [0.25, 0.3) is 5.91 Å². The number of aliphatic hydroxyl groups is 2. The molecule has 0 aromatic heterocycles. The number of aliphatic hydroxyl groups excluding tert-OH is 1. The van der Waals surface area contributed by atoms with E-state index in [1.54, 1.807) is 92.7 Å². The van der Waals surface area contributed by atoms with Crippen molar-refractivity contribution in [3.8, 4) is 0 Å². The normalized spacial score (nSPS) is 30.8. The molecule has 344 valence electrons. The van der Waals surface area contributed by atoms with E-state index in [-0.39, 0.29) is 35.3 Å². The minimum atomic E-state index is -2.43. The molecule has 1 aliphatic heterocycles. The second-order valence-corrected chi connectivity index (χ2v) is 17.9. The van der Waals surface area contributed by atoms with Crippen LogP contribution in [0.15, 0.2) is 102 Å². The third-order valence-corrected chi connectivity index (χ3v) is 13.8. The maximum Gasteiger partial charge on any atom is 0.338 e. The van der Waals surface area contributed by atoms with Crippen LogP contribution in [0.4, 0.5) is 0 Å². The van der Waals surface area contributed by atoms with Crippen molar-refractivity contribution in [2.75, 3.05) is 6.61 Å². The third kappa shape index (κ3) is 8.12. The second-order valence-electron chi connectivity index (χ2n) is 17.9. The molecule has 2 saturated carbocycles. The number of ketones is 1. The van der Waals surface area contributed by atoms with Gasteiger partial charge in [-0.2, -0.15) is 0 Å². The molecule has 3 fully saturated rings. The fourth-order valence-electron chi connectivity index (χ4n) is 10.5. The Morgan fingerprint density at radius 2 is 1.34 bits per heavy atom. The van der Waals surface area contributed by atoms with E-state index < -0.39 is 119 Å². The van der Waals surface area contributed by atoms with E-state index in [0.29, 0.717) is 5.56 Å². The Kier molecular flexibility index (Phi) is 12.7. The molecule has 2 bridgehead atoms. The molecule has 0 spiro atoms. The highest BCUT2D eigenvalue weighted by molar-refractivity contribution is 5.96. The first-order valence-electron chi connectivity index (χ1n) is 21.4. The van der Waals surface area contributed by atoms with E-state index in [9.17, 15) is 39.0 Å². The minimum Gasteiger partial charge on any atom is -0.461 e. The topological polar surface area (TPSA) is 227 Å². The molecule has 3 aromatic rings. The Bertz CT molecular complexity index is 2400. The zero-order chi connectivity index (χ0) is 47.2. The van der Waals surface area contributed by atoms with Crippen LogP contribution in [0.2, 0.25) is 0 Å². The summed E-state index contributed by atoms with van der Waals surface area (Å²) in [6.07, 6.45) is -10.5. The quantitative estimate of drug-likeness (QED) is 0.139. The molecular formula is C49H53NO15. The third-order valence-electron chi connectivity index (χ3n) is 13.8. The van der Waals surface area contributed by atoms with Gasteiger partial charge in [0.1, 0.15) is 30.0 Å². The molecular weight excluding hydrogens is 843 g/mol. The van der Waals surface area contributed by atoms with Crippen LogP contribution in [-0.2, 0) is 52.4 Å². The summed E-state index contributed by atoms with van der Waals surface area (Å²) in [5.41, 5.74) is -7.22. The highest BCUT2D eigenvalue weighted by Crippen LogP contribution is 2.65. The van der Waals surface area contributed by atoms with Crippen LogP contribution in [0.1, 0.15) is 93.6 Å². The maximum atomic E-state index is 15.8. The number of hydrogen-bond donors (Lipinski definition) is 3. The summed E-state index contributed by atoms with van der Waals surface area (Å²) in [5, 5.41) is 28.4. The Morgan fingerprint density at radius 1 is 0.769 bits per heavy atom. The van der Waals surface area contributed by atoms with Gasteiger partial charge in [-0.3, -0.25) is 24.0 Å². The van der Waals surface area contributed by atoms with Crippen molar-refractivity contribution < 1.29 is 72.2 Å². The van der Waals surface area contributed by atoms with Gasteiger partial charge in [0.15, 0.2) is 23.6 Å². The summed E-state index contributed by atoms with van der Waals surface area (Å²) in [5.74, 6) is -7.75. The number of hydrogen-bond acceptors (Lipinski definition) is 15. The van der Waals surface area contributed by atoms with Crippen molar-refractivity contribution in [1.82, 2.24) is 5.32 Å². The smallest absolute Gasteiger partial charge is 0.338 e. The average molecular weight is 896 g/mol. The Morgan fingerprint density at radius 3 is 1.88 bits per heavy atom. The van der Waals surface area contributed by atoms with Crippen molar-refractivity contribution in [3.05, 3.63) is 119 Å². The fraction of sp³-hybridized carbons (Fsp3) is 0.449. The van der Waals surface area contributed by atoms with Crippen LogP contribution in [-0.4, -0.2) is 106 Å². The summed E-state index contributed by atoms with van der Waals surface area (Å²) in [7, 11) is 0. The Labute approximate surface area is 375 Å². The first kappa shape index (κ1) is 46.8. The van der Waals surface area contributed by atoms with Crippen LogP contribution < -0.4 is 5.32 Å². The van der Waals surface area contributed by atoms with Crippen LogP contribution in [0.5, 0.6) is 0 Å². The molecule has 4 aliphatic rings. The lowest BCUT2D eigenvalue weighted by Gasteiger charge is -2.67. The molecule has 16 heteroatoms. The SMILES string of the molecule is CC(=O)O[C@H]1C(=O)[C@@]2(C)C(C(OC(=O)c3ccccc3)[C@]3(O)C[C@H](OC(=O)[C@H](O)[C@@H](NC(=O)c4ccccc4)c4ccccc4)C(C)=C1C3(C)C)[C@]1(OC(C)=O)CO[C@@H]1C[C@@H]2OC(C)=O. The number of esters is 5. The van der Waals surface area contributed by atoms with Crippen molar-refractivity contribution in [1.29, 1.82) is 0 Å². The van der Waals surface area contributed by atoms with Crippen molar-refractivity contribution in [2.24, 2.45) is 16.7 Å². The molecule has 3 N–H and O–H groups in total. The van der Waals surface area contributed by atoms with E-state index in [0.717, 1.165) is 20.8 Å². The van der Waals surface area contributed by atoms with Gasteiger partial charge >= 0.3 is 29.8 Å². The van der Waals surface area contributed by atoms with E-state index in [1.165, 1.54) is 26.0 Å². The number of fused-ring (bicyclic) bond motifs is 5. The molecule has 1 heterocycles. The number of ether oxygens (including phenoxy) is 6. The maximum absolute atomic E-state index is 15.8. The number of nitrogens with one attached hydrogen (secondary N) is 1. The van der Waals surface area contributed by atoms with Crippen LogP contribution in [0, 0.1) is 16.7 Å². The molecule has 1 amide bonds. The second kappa shape index (κ2) is 17.6. The zero-order valence-corrected chi connectivity index (χ0v) is 37.1. The van der Waals surface area contributed by atoms with E-state index >= 15 is 4.79 Å². The zero-order valence-electron chi connectivity index (χ0n) is 37.1. The molecule has 65 heavy (non-hydrogen) atoms. The lowest BCUT2D eigenvalue weighted by atomic mass is 9.44. The van der Waals surface area contributed by atoms with Gasteiger partial charge in [-0.15, -0.1) is 0 Å². The number of Topliss-reactive ketones (excluding diaryl/α,β-unsaturated/α-hetero) is 1. The number of carbonyl (C=O) groups excluding carboxylic acids is 7. The van der Waals surface area contributed by atoms with E-state index in [1.807, 2.05) is 0 Å². The standard InChI is InChI=1S/C49H53NO15/c1-26-33(63-45(58)38(54)37(30-17-11-8-12-18-30)50-43(56)31-19-13-9-14-20-31)24-49(59)42(64-44(57)32-21-15-10-16-22-32)40-47(7,41(55)39(62-28(3)52)36(26)46(49,5)6)34(61-27(2)51)23-35-48(40,25-60-35)65-29(4)53/h8-22,33-35,37-40,42,54,59H,23-25H2,1-7H3,(H,50,56)/t33-,34-,35+,37-,38+,39+,40?,42?,47+,48-,49+/m0/s1. The van der Waals surface area contributed by atoms with Gasteiger partial charge in [0.05, 0.1) is 29.5 Å². The van der Waals surface area contributed by atoms with Crippen molar-refractivity contribution in [2.45, 2.75) is 115 Å². The molecule has 0 radical (unpaired) electrons. The molecule has 2 unspecified atom stereocenters. The monoisotopic (exact) mass is 895 g/mol. The first-order chi connectivity index (χ1) is 30.7.